The van der Waals surface area contributed by atoms with E-state index in [9.17, 15) is 18.5 Å². The number of nitro benzene ring substituents is 1. The maximum absolute atomic E-state index is 11.3. The summed E-state index contributed by atoms with van der Waals surface area (Å²) in [4.78, 5) is 10.4. The molecule has 2 unspecified atom stereocenters. The molecule has 3 N–H and O–H groups in total. The standard InChI is InChI=1S/C13H21N3O4S/c1-4-7-15-10(3)9(2)12-6-5-11(21(14,19)20)8-13(12)16(17)18/h5-6,8-10,15H,4,7H2,1-3H3,(H2,14,19,20). The van der Waals surface area contributed by atoms with Crippen LogP contribution in [0.25, 0.3) is 0 Å². The zero-order chi connectivity index (χ0) is 16.2. The highest BCUT2D eigenvalue weighted by Gasteiger charge is 2.25. The minimum absolute atomic E-state index is 0.0315. The van der Waals surface area contributed by atoms with E-state index >= 15 is 0 Å². The molecular weight excluding hydrogens is 294 g/mol. The minimum Gasteiger partial charge on any atom is -0.314 e. The second kappa shape index (κ2) is 6.97. The first-order chi connectivity index (χ1) is 9.68. The van der Waals surface area contributed by atoms with Gasteiger partial charge in [-0.05, 0) is 26.0 Å². The fourth-order valence-electron chi connectivity index (χ4n) is 2.06. The van der Waals surface area contributed by atoms with Crippen LogP contribution in [0, 0.1) is 10.1 Å². The normalized spacial score (nSPS) is 14.7. The van der Waals surface area contributed by atoms with Crippen LogP contribution in [0.4, 0.5) is 5.69 Å². The summed E-state index contributed by atoms with van der Waals surface area (Å²) in [5.74, 6) is -0.133. The maximum Gasteiger partial charge on any atom is 0.274 e. The molecule has 0 spiro atoms. The van der Waals surface area contributed by atoms with Crippen molar-refractivity contribution in [2.45, 2.75) is 44.0 Å². The number of hydrogen-bond acceptors (Lipinski definition) is 5. The van der Waals surface area contributed by atoms with Crippen LogP contribution in [0.1, 0.15) is 38.7 Å². The summed E-state index contributed by atoms with van der Waals surface area (Å²) in [7, 11) is -3.96. The van der Waals surface area contributed by atoms with Crippen molar-refractivity contribution in [2.24, 2.45) is 5.14 Å². The lowest BCUT2D eigenvalue weighted by Gasteiger charge is -2.21. The first-order valence-corrected chi connectivity index (χ1v) is 8.27. The third kappa shape index (κ3) is 4.48. The van der Waals surface area contributed by atoms with Crippen molar-refractivity contribution in [3.63, 3.8) is 0 Å². The van der Waals surface area contributed by atoms with Crippen LogP contribution < -0.4 is 10.5 Å². The highest BCUT2D eigenvalue weighted by Crippen LogP contribution is 2.30. The molecule has 8 heteroatoms. The second-order valence-electron chi connectivity index (χ2n) is 5.05. The number of hydrogen-bond donors (Lipinski definition) is 2. The summed E-state index contributed by atoms with van der Waals surface area (Å²) in [6.45, 7) is 6.66. The van der Waals surface area contributed by atoms with Crippen LogP contribution in [0.5, 0.6) is 0 Å². The smallest absolute Gasteiger partial charge is 0.274 e. The molecule has 0 bridgehead atoms. The fourth-order valence-corrected chi connectivity index (χ4v) is 2.60. The number of nitrogens with one attached hydrogen (secondary N) is 1. The molecule has 1 rings (SSSR count). The molecule has 0 saturated carbocycles. The van der Waals surface area contributed by atoms with Crippen molar-refractivity contribution in [1.82, 2.24) is 5.32 Å². The van der Waals surface area contributed by atoms with Gasteiger partial charge in [0.2, 0.25) is 10.0 Å². The molecule has 0 radical (unpaired) electrons. The van der Waals surface area contributed by atoms with Crippen molar-refractivity contribution in [2.75, 3.05) is 6.54 Å². The molecule has 0 amide bonds. The van der Waals surface area contributed by atoms with Gasteiger partial charge >= 0.3 is 0 Å². The third-order valence-electron chi connectivity index (χ3n) is 3.48. The molecule has 2 atom stereocenters. The molecule has 21 heavy (non-hydrogen) atoms. The Balaban J connectivity index is 3.21. The van der Waals surface area contributed by atoms with Crippen LogP contribution in [0.3, 0.4) is 0 Å². The number of primary sulfonamides is 1. The SMILES string of the molecule is CCCNC(C)C(C)c1ccc(S(N)(=O)=O)cc1[N+](=O)[O-]. The van der Waals surface area contributed by atoms with E-state index in [0.29, 0.717) is 5.56 Å². The summed E-state index contributed by atoms with van der Waals surface area (Å²) < 4.78 is 22.6. The number of rotatable bonds is 7. The molecule has 0 saturated heterocycles. The van der Waals surface area contributed by atoms with E-state index in [1.165, 1.54) is 12.1 Å². The van der Waals surface area contributed by atoms with Gasteiger partial charge in [-0.25, -0.2) is 13.6 Å². The van der Waals surface area contributed by atoms with Gasteiger partial charge < -0.3 is 5.32 Å². The van der Waals surface area contributed by atoms with Gasteiger partial charge in [0.1, 0.15) is 0 Å². The van der Waals surface area contributed by atoms with Gasteiger partial charge in [0.25, 0.3) is 5.69 Å². The van der Waals surface area contributed by atoms with Crippen LogP contribution in [0.15, 0.2) is 23.1 Å². The lowest BCUT2D eigenvalue weighted by atomic mass is 9.93. The quantitative estimate of drug-likeness (QED) is 0.587. The number of benzene rings is 1. The Morgan fingerprint density at radius 2 is 2.00 bits per heavy atom. The van der Waals surface area contributed by atoms with Crippen LogP contribution in [0.2, 0.25) is 0 Å². The van der Waals surface area contributed by atoms with Gasteiger partial charge in [-0.2, -0.15) is 0 Å². The highest BCUT2D eigenvalue weighted by atomic mass is 32.2. The van der Waals surface area contributed by atoms with Crippen molar-refractivity contribution in [3.8, 4) is 0 Å². The summed E-state index contributed by atoms with van der Waals surface area (Å²) in [6, 6.07) is 3.82. The molecule has 0 heterocycles. The molecule has 0 fully saturated rings. The van der Waals surface area contributed by atoms with Crippen molar-refractivity contribution >= 4 is 15.7 Å². The van der Waals surface area contributed by atoms with Crippen molar-refractivity contribution in [3.05, 3.63) is 33.9 Å². The number of nitrogens with zero attached hydrogens (tertiary/aromatic N) is 1. The Kier molecular flexibility index (Phi) is 5.82. The fraction of sp³-hybridized carbons (Fsp3) is 0.538. The topological polar surface area (TPSA) is 115 Å². The summed E-state index contributed by atoms with van der Waals surface area (Å²) in [5, 5.41) is 19.5. The third-order valence-corrected chi connectivity index (χ3v) is 4.40. The number of nitrogens with two attached hydrogens (primary N) is 1. The molecule has 0 aliphatic rings. The summed E-state index contributed by atoms with van der Waals surface area (Å²) >= 11 is 0. The van der Waals surface area contributed by atoms with E-state index in [1.54, 1.807) is 0 Å². The van der Waals surface area contributed by atoms with Gasteiger partial charge in [0.15, 0.2) is 0 Å². The predicted octanol–water partition coefficient (Wildman–Crippen LogP) is 1.73. The van der Waals surface area contributed by atoms with E-state index in [1.807, 2.05) is 20.8 Å². The Hall–Kier alpha value is -1.51. The average molecular weight is 315 g/mol. The molecule has 0 aliphatic heterocycles. The largest absolute Gasteiger partial charge is 0.314 e. The summed E-state index contributed by atoms with van der Waals surface area (Å²) in [6.07, 6.45) is 0.962. The zero-order valence-electron chi connectivity index (χ0n) is 12.4. The second-order valence-corrected chi connectivity index (χ2v) is 6.62. The first-order valence-electron chi connectivity index (χ1n) is 6.73. The highest BCUT2D eigenvalue weighted by molar-refractivity contribution is 7.89. The molecule has 0 aromatic heterocycles. The summed E-state index contributed by atoms with van der Waals surface area (Å²) in [5.41, 5.74) is 0.266. The van der Waals surface area contributed by atoms with Gasteiger partial charge in [-0.3, -0.25) is 10.1 Å². The molecular formula is C13H21N3O4S. The number of nitro groups is 1. The molecule has 7 nitrogen and oxygen atoms in total. The minimum atomic E-state index is -3.96. The van der Waals surface area contributed by atoms with E-state index in [2.05, 4.69) is 5.32 Å². The van der Waals surface area contributed by atoms with E-state index < -0.39 is 14.9 Å². The van der Waals surface area contributed by atoms with Crippen LogP contribution >= 0.6 is 0 Å². The molecule has 118 valence electrons. The zero-order valence-corrected chi connectivity index (χ0v) is 13.2. The van der Waals surface area contributed by atoms with E-state index in [4.69, 9.17) is 5.14 Å². The number of sulfonamides is 1. The Labute approximate surface area is 124 Å². The molecule has 0 aliphatic carbocycles. The molecule has 1 aromatic carbocycles. The first kappa shape index (κ1) is 17.5. The van der Waals surface area contributed by atoms with Gasteiger partial charge in [-0.15, -0.1) is 0 Å². The Morgan fingerprint density at radius 3 is 2.48 bits per heavy atom. The van der Waals surface area contributed by atoms with Crippen LogP contribution in [-0.2, 0) is 10.0 Å². The van der Waals surface area contributed by atoms with Crippen LogP contribution in [-0.4, -0.2) is 25.9 Å². The van der Waals surface area contributed by atoms with Crippen molar-refractivity contribution < 1.29 is 13.3 Å². The predicted molar refractivity (Wildman–Crippen MR) is 80.6 cm³/mol. The average Bonchev–Trinajstić information content (AvgIpc) is 2.42. The van der Waals surface area contributed by atoms with Gasteiger partial charge in [0.05, 0.1) is 9.82 Å². The van der Waals surface area contributed by atoms with E-state index in [0.717, 1.165) is 19.0 Å². The molecule has 1 aromatic rings. The van der Waals surface area contributed by atoms with Gasteiger partial charge in [0, 0.05) is 23.6 Å². The maximum atomic E-state index is 11.3. The van der Waals surface area contributed by atoms with Gasteiger partial charge in [-0.1, -0.05) is 19.9 Å². The Morgan fingerprint density at radius 1 is 1.38 bits per heavy atom. The Bertz CT molecular complexity index is 616. The lowest BCUT2D eigenvalue weighted by Crippen LogP contribution is -2.31. The van der Waals surface area contributed by atoms with Crippen molar-refractivity contribution in [1.29, 1.82) is 0 Å². The monoisotopic (exact) mass is 315 g/mol. The lowest BCUT2D eigenvalue weighted by molar-refractivity contribution is -0.386. The van der Waals surface area contributed by atoms with E-state index in [-0.39, 0.29) is 22.5 Å².